The van der Waals surface area contributed by atoms with Crippen LogP contribution >= 0.6 is 0 Å². The molecule has 0 amide bonds. The lowest BCUT2D eigenvalue weighted by atomic mass is 10.1. The standard InChI is InChI=1S/C11H13N3O3/c1-5(2)7-4-8-12-6(3)9(11(16)17)10(15)14(8)13-7/h4-5,13H,1-3H3,(H,16,17). The molecule has 0 unspecified atom stereocenters. The van der Waals surface area contributed by atoms with Gasteiger partial charge in [0, 0.05) is 11.8 Å². The third-order valence-corrected chi connectivity index (χ3v) is 2.65. The quantitative estimate of drug-likeness (QED) is 0.817. The minimum atomic E-state index is -1.25. The first kappa shape index (κ1) is 11.4. The Bertz CT molecular complexity index is 652. The molecule has 2 rings (SSSR count). The van der Waals surface area contributed by atoms with Gasteiger partial charge in [-0.05, 0) is 12.8 Å². The van der Waals surface area contributed by atoms with E-state index >= 15 is 0 Å². The van der Waals surface area contributed by atoms with Gasteiger partial charge in [-0.15, -0.1) is 0 Å². The fourth-order valence-corrected chi connectivity index (χ4v) is 1.70. The number of nitrogens with one attached hydrogen (secondary N) is 1. The summed E-state index contributed by atoms with van der Waals surface area (Å²) < 4.78 is 1.17. The van der Waals surface area contributed by atoms with E-state index in [1.807, 2.05) is 13.8 Å². The lowest BCUT2D eigenvalue weighted by molar-refractivity contribution is 0.0693. The van der Waals surface area contributed by atoms with Crippen molar-refractivity contribution < 1.29 is 9.90 Å². The van der Waals surface area contributed by atoms with E-state index in [4.69, 9.17) is 5.11 Å². The van der Waals surface area contributed by atoms with E-state index < -0.39 is 11.5 Å². The summed E-state index contributed by atoms with van der Waals surface area (Å²) >= 11 is 0. The number of aryl methyl sites for hydroxylation is 1. The summed E-state index contributed by atoms with van der Waals surface area (Å²) in [5, 5.41) is 11.8. The van der Waals surface area contributed by atoms with Crippen LogP contribution < -0.4 is 5.56 Å². The Morgan fingerprint density at radius 1 is 1.53 bits per heavy atom. The summed E-state index contributed by atoms with van der Waals surface area (Å²) in [6.07, 6.45) is 0. The zero-order valence-electron chi connectivity index (χ0n) is 9.81. The van der Waals surface area contributed by atoms with Crippen molar-refractivity contribution in [2.24, 2.45) is 0 Å². The molecule has 2 N–H and O–H groups in total. The molecule has 2 aromatic rings. The van der Waals surface area contributed by atoms with E-state index in [0.717, 1.165) is 5.69 Å². The molecule has 2 heterocycles. The molecule has 0 saturated heterocycles. The maximum Gasteiger partial charge on any atom is 0.343 e. The number of hydrogen-bond donors (Lipinski definition) is 2. The maximum atomic E-state index is 11.9. The molecule has 0 radical (unpaired) electrons. The number of aromatic carboxylic acids is 1. The topological polar surface area (TPSA) is 87.5 Å². The summed E-state index contributed by atoms with van der Waals surface area (Å²) in [5.74, 6) is -1.04. The lowest BCUT2D eigenvalue weighted by Gasteiger charge is -2.00. The molecule has 0 bridgehead atoms. The van der Waals surface area contributed by atoms with Crippen molar-refractivity contribution in [2.45, 2.75) is 26.7 Å². The molecule has 6 nitrogen and oxygen atoms in total. The molecule has 17 heavy (non-hydrogen) atoms. The summed E-state index contributed by atoms with van der Waals surface area (Å²) in [6.45, 7) is 5.47. The second-order valence-corrected chi connectivity index (χ2v) is 4.24. The van der Waals surface area contributed by atoms with Crippen molar-refractivity contribution in [3.63, 3.8) is 0 Å². The molecule has 0 fully saturated rings. The van der Waals surface area contributed by atoms with Gasteiger partial charge in [-0.25, -0.2) is 14.3 Å². The molecular weight excluding hydrogens is 222 g/mol. The summed E-state index contributed by atoms with van der Waals surface area (Å²) in [4.78, 5) is 27.0. The predicted molar refractivity (Wildman–Crippen MR) is 61.6 cm³/mol. The largest absolute Gasteiger partial charge is 0.477 e. The lowest BCUT2D eigenvalue weighted by Crippen LogP contribution is -2.25. The van der Waals surface area contributed by atoms with Crippen LogP contribution in [0, 0.1) is 6.92 Å². The van der Waals surface area contributed by atoms with E-state index in [-0.39, 0.29) is 17.2 Å². The zero-order chi connectivity index (χ0) is 12.7. The van der Waals surface area contributed by atoms with Crippen molar-refractivity contribution in [3.8, 4) is 0 Å². The number of aromatic nitrogens is 3. The van der Waals surface area contributed by atoms with Crippen LogP contribution in [0.5, 0.6) is 0 Å². The van der Waals surface area contributed by atoms with Crippen molar-refractivity contribution in [1.29, 1.82) is 0 Å². The van der Waals surface area contributed by atoms with Crippen LogP contribution in [0.1, 0.15) is 41.5 Å². The first-order valence-electron chi connectivity index (χ1n) is 5.27. The minimum Gasteiger partial charge on any atom is -0.477 e. The molecule has 6 heteroatoms. The molecule has 0 aliphatic carbocycles. The van der Waals surface area contributed by atoms with E-state index in [1.165, 1.54) is 11.4 Å². The smallest absolute Gasteiger partial charge is 0.343 e. The fourth-order valence-electron chi connectivity index (χ4n) is 1.70. The number of carbonyl (C=O) groups is 1. The number of nitrogens with zero attached hydrogens (tertiary/aromatic N) is 2. The van der Waals surface area contributed by atoms with Gasteiger partial charge in [0.2, 0.25) is 0 Å². The Morgan fingerprint density at radius 3 is 2.71 bits per heavy atom. The third kappa shape index (κ3) is 1.71. The van der Waals surface area contributed by atoms with Gasteiger partial charge < -0.3 is 5.11 Å². The highest BCUT2D eigenvalue weighted by atomic mass is 16.4. The summed E-state index contributed by atoms with van der Waals surface area (Å²) in [5.41, 5.74) is 0.654. The van der Waals surface area contributed by atoms with Crippen molar-refractivity contribution in [1.82, 2.24) is 14.6 Å². The van der Waals surface area contributed by atoms with Gasteiger partial charge in [0.25, 0.3) is 5.56 Å². The van der Waals surface area contributed by atoms with E-state index in [2.05, 4.69) is 10.1 Å². The zero-order valence-corrected chi connectivity index (χ0v) is 9.81. The van der Waals surface area contributed by atoms with Gasteiger partial charge in [0.05, 0.1) is 5.69 Å². The monoisotopic (exact) mass is 235 g/mol. The summed E-state index contributed by atoms with van der Waals surface area (Å²) in [6, 6.07) is 1.75. The molecule has 0 atom stereocenters. The number of fused-ring (bicyclic) bond motifs is 1. The van der Waals surface area contributed by atoms with Crippen LogP contribution in [0.2, 0.25) is 0 Å². The number of aromatic amines is 1. The van der Waals surface area contributed by atoms with Crippen LogP contribution in [0.3, 0.4) is 0 Å². The van der Waals surface area contributed by atoms with Gasteiger partial charge in [-0.2, -0.15) is 0 Å². The summed E-state index contributed by atoms with van der Waals surface area (Å²) in [7, 11) is 0. The number of carboxylic acid groups (broad SMARTS) is 1. The second kappa shape index (κ2) is 3.73. The van der Waals surface area contributed by atoms with Crippen molar-refractivity contribution >= 4 is 11.6 Å². The highest BCUT2D eigenvalue weighted by Crippen LogP contribution is 2.13. The van der Waals surface area contributed by atoms with Crippen LogP contribution in [0.25, 0.3) is 5.65 Å². The SMILES string of the molecule is Cc1nc2cc(C(C)C)[nH]n2c(=O)c1C(=O)O. The first-order chi connectivity index (χ1) is 7.91. The van der Waals surface area contributed by atoms with Crippen LogP contribution in [-0.2, 0) is 0 Å². The molecule has 0 saturated carbocycles. The predicted octanol–water partition coefficient (Wildman–Crippen LogP) is 1.15. The van der Waals surface area contributed by atoms with Gasteiger partial charge >= 0.3 is 5.97 Å². The van der Waals surface area contributed by atoms with Gasteiger partial charge in [0.1, 0.15) is 5.56 Å². The van der Waals surface area contributed by atoms with E-state index in [9.17, 15) is 9.59 Å². The molecular formula is C11H13N3O3. The van der Waals surface area contributed by atoms with Crippen LogP contribution in [0.4, 0.5) is 0 Å². The Hall–Kier alpha value is -2.11. The van der Waals surface area contributed by atoms with E-state index in [0.29, 0.717) is 5.65 Å². The molecule has 90 valence electrons. The van der Waals surface area contributed by atoms with Crippen LogP contribution in [0.15, 0.2) is 10.9 Å². The molecule has 0 aliphatic heterocycles. The molecule has 2 aromatic heterocycles. The Balaban J connectivity index is 2.83. The molecule has 0 spiro atoms. The van der Waals surface area contributed by atoms with Crippen molar-refractivity contribution in [2.75, 3.05) is 0 Å². The third-order valence-electron chi connectivity index (χ3n) is 2.65. The maximum absolute atomic E-state index is 11.9. The highest BCUT2D eigenvalue weighted by molar-refractivity contribution is 5.88. The highest BCUT2D eigenvalue weighted by Gasteiger charge is 2.18. The second-order valence-electron chi connectivity index (χ2n) is 4.24. The number of carboxylic acids is 1. The van der Waals surface area contributed by atoms with Crippen molar-refractivity contribution in [3.05, 3.63) is 33.4 Å². The van der Waals surface area contributed by atoms with E-state index in [1.54, 1.807) is 6.07 Å². The minimum absolute atomic E-state index is 0.213. The van der Waals surface area contributed by atoms with Gasteiger partial charge in [0.15, 0.2) is 5.65 Å². The number of H-pyrrole nitrogens is 1. The Morgan fingerprint density at radius 2 is 2.18 bits per heavy atom. The Labute approximate surface area is 96.9 Å². The normalized spacial score (nSPS) is 11.3. The number of rotatable bonds is 2. The van der Waals surface area contributed by atoms with Gasteiger partial charge in [-0.3, -0.25) is 9.89 Å². The average molecular weight is 235 g/mol. The van der Waals surface area contributed by atoms with Gasteiger partial charge in [-0.1, -0.05) is 13.8 Å². The molecule has 0 aromatic carbocycles. The first-order valence-corrected chi connectivity index (χ1v) is 5.27. The average Bonchev–Trinajstić information content (AvgIpc) is 2.60. The Kier molecular flexibility index (Phi) is 2.49. The number of hydrogen-bond acceptors (Lipinski definition) is 3. The fraction of sp³-hybridized carbons (Fsp3) is 0.364. The molecule has 0 aliphatic rings. The van der Waals surface area contributed by atoms with Crippen LogP contribution in [-0.4, -0.2) is 25.7 Å².